The topological polar surface area (TPSA) is 66.5 Å². The zero-order valence-electron chi connectivity index (χ0n) is 15.9. The lowest BCUT2D eigenvalue weighted by Gasteiger charge is -2.28. The molecule has 0 aromatic heterocycles. The summed E-state index contributed by atoms with van der Waals surface area (Å²) in [6.45, 7) is 0.989. The van der Waals surface area contributed by atoms with Crippen LogP contribution in [-0.4, -0.2) is 52.9 Å². The molecule has 2 heterocycles. The molecule has 1 aromatic carbocycles. The fourth-order valence-corrected chi connectivity index (χ4v) is 5.32. The van der Waals surface area contributed by atoms with Crippen molar-refractivity contribution in [2.45, 2.75) is 50.6 Å². The predicted octanol–water partition coefficient (Wildman–Crippen LogP) is 1.90. The van der Waals surface area contributed by atoms with Crippen molar-refractivity contribution in [3.05, 3.63) is 35.4 Å². The van der Waals surface area contributed by atoms with Gasteiger partial charge in [0.1, 0.15) is 18.1 Å². The van der Waals surface area contributed by atoms with Gasteiger partial charge in [-0.3, -0.25) is 9.59 Å². The van der Waals surface area contributed by atoms with Gasteiger partial charge in [0.15, 0.2) is 0 Å². The minimum absolute atomic E-state index is 0.0691. The number of hydrogen-bond acceptors (Lipinski definition) is 5. The molecule has 2 aliphatic heterocycles. The number of likely N-dealkylation sites (tertiary alicyclic amines) is 1. The predicted molar refractivity (Wildman–Crippen MR) is 110 cm³/mol. The number of amides is 1. The number of rotatable bonds is 5. The van der Waals surface area contributed by atoms with Gasteiger partial charge >= 0.3 is 0 Å². The second-order valence-corrected chi connectivity index (χ2v) is 8.75. The number of ketones is 1. The lowest BCUT2D eigenvalue weighted by Crippen LogP contribution is -2.50. The molecule has 4 rings (SSSR count). The Hall–Kier alpha value is -1.92. The number of thiocarbonyl (C=S) groups is 1. The summed E-state index contributed by atoms with van der Waals surface area (Å²) in [4.78, 5) is 39.7. The van der Waals surface area contributed by atoms with E-state index in [0.29, 0.717) is 36.7 Å². The van der Waals surface area contributed by atoms with Crippen molar-refractivity contribution in [1.29, 1.82) is 0 Å². The van der Waals surface area contributed by atoms with Crippen molar-refractivity contribution in [2.75, 3.05) is 13.1 Å². The molecule has 2 saturated heterocycles. The van der Waals surface area contributed by atoms with Crippen molar-refractivity contribution in [3.8, 4) is 0 Å². The number of aldehydes is 1. The molecule has 3 aliphatic rings. The van der Waals surface area contributed by atoms with E-state index in [1.807, 2.05) is 6.07 Å². The molecular weight excluding hydrogens is 372 g/mol. The Kier molecular flexibility index (Phi) is 5.69. The van der Waals surface area contributed by atoms with Gasteiger partial charge in [-0.2, -0.15) is 0 Å². The van der Waals surface area contributed by atoms with Crippen LogP contribution in [0.1, 0.15) is 36.8 Å². The highest BCUT2D eigenvalue weighted by molar-refractivity contribution is 7.80. The number of Topliss-reactive ketones (excluding diaryl/α,β-unsaturated/α-hetero) is 1. The van der Waals surface area contributed by atoms with E-state index >= 15 is 0 Å². The Morgan fingerprint density at radius 1 is 1.21 bits per heavy atom. The van der Waals surface area contributed by atoms with E-state index < -0.39 is 12.0 Å². The van der Waals surface area contributed by atoms with Gasteiger partial charge in [0.2, 0.25) is 5.91 Å². The van der Waals surface area contributed by atoms with Crippen LogP contribution in [0.5, 0.6) is 0 Å². The van der Waals surface area contributed by atoms with E-state index in [1.54, 1.807) is 4.90 Å². The average Bonchev–Trinajstić information content (AvgIpc) is 3.33. The van der Waals surface area contributed by atoms with Crippen LogP contribution in [0.4, 0.5) is 0 Å². The highest BCUT2D eigenvalue weighted by Crippen LogP contribution is 2.30. The molecule has 4 atom stereocenters. The first-order valence-electron chi connectivity index (χ1n) is 10.2. The second kappa shape index (κ2) is 8.21. The second-order valence-electron chi connectivity index (χ2n) is 8.23. The standard InChI is InChI=1S/C22H26N2O3S/c25-13-17-6-3-9-24(17)22(27)21-20(19(28)12-23-21)18(26)11-14-7-8-15-4-1-2-5-16(15)10-14/h1-2,4-5,13-14,17,20-21,23H,3,6-12H2/t14-,17-,20?,21-/m0/s1. The number of carbonyl (C=O) groups is 3. The number of benzene rings is 1. The number of aryl methyl sites for hydroxylation is 1. The summed E-state index contributed by atoms with van der Waals surface area (Å²) in [7, 11) is 0. The maximum absolute atomic E-state index is 13.1. The number of hydrogen-bond donors (Lipinski definition) is 1. The highest BCUT2D eigenvalue weighted by atomic mass is 32.1. The summed E-state index contributed by atoms with van der Waals surface area (Å²) in [6.07, 6.45) is 5.73. The molecule has 0 radical (unpaired) electrons. The quantitative estimate of drug-likeness (QED) is 0.606. The van der Waals surface area contributed by atoms with Crippen LogP contribution >= 0.6 is 12.2 Å². The minimum atomic E-state index is -0.614. The van der Waals surface area contributed by atoms with Gasteiger partial charge in [-0.25, -0.2) is 0 Å². The monoisotopic (exact) mass is 398 g/mol. The lowest BCUT2D eigenvalue weighted by molar-refractivity contribution is -0.138. The summed E-state index contributed by atoms with van der Waals surface area (Å²) >= 11 is 5.45. The van der Waals surface area contributed by atoms with Crippen LogP contribution < -0.4 is 5.32 Å². The molecule has 1 aliphatic carbocycles. The van der Waals surface area contributed by atoms with Gasteiger partial charge in [0.05, 0.1) is 12.0 Å². The van der Waals surface area contributed by atoms with E-state index in [0.717, 1.165) is 32.0 Å². The molecule has 28 heavy (non-hydrogen) atoms. The minimum Gasteiger partial charge on any atom is -0.332 e. The Labute approximate surface area is 170 Å². The Bertz CT molecular complexity index is 809. The van der Waals surface area contributed by atoms with Gasteiger partial charge in [-0.15, -0.1) is 0 Å². The molecular formula is C22H26N2O3S. The fourth-order valence-electron chi connectivity index (χ4n) is 4.96. The summed E-state index contributed by atoms with van der Waals surface area (Å²) in [5.74, 6) is -0.329. The molecule has 148 valence electrons. The van der Waals surface area contributed by atoms with Gasteiger partial charge in [0, 0.05) is 24.4 Å². The van der Waals surface area contributed by atoms with Crippen LogP contribution in [-0.2, 0) is 27.2 Å². The van der Waals surface area contributed by atoms with Crippen LogP contribution in [0.15, 0.2) is 24.3 Å². The fraction of sp³-hybridized carbons (Fsp3) is 0.545. The number of nitrogens with one attached hydrogen (secondary N) is 1. The van der Waals surface area contributed by atoms with E-state index in [9.17, 15) is 14.4 Å². The van der Waals surface area contributed by atoms with E-state index in [2.05, 4.69) is 23.5 Å². The first-order chi connectivity index (χ1) is 13.6. The van der Waals surface area contributed by atoms with Crippen molar-refractivity contribution in [2.24, 2.45) is 11.8 Å². The van der Waals surface area contributed by atoms with Gasteiger partial charge < -0.3 is 15.0 Å². The Morgan fingerprint density at radius 3 is 2.79 bits per heavy atom. The summed E-state index contributed by atoms with van der Waals surface area (Å²) in [5, 5.41) is 3.14. The zero-order valence-corrected chi connectivity index (χ0v) is 16.7. The molecule has 1 amide bonds. The van der Waals surface area contributed by atoms with Crippen molar-refractivity contribution in [1.82, 2.24) is 10.2 Å². The van der Waals surface area contributed by atoms with Crippen LogP contribution in [0.25, 0.3) is 0 Å². The van der Waals surface area contributed by atoms with Crippen LogP contribution in [0.2, 0.25) is 0 Å². The van der Waals surface area contributed by atoms with Gasteiger partial charge in [-0.1, -0.05) is 36.5 Å². The number of nitrogens with zero attached hydrogens (tertiary/aromatic N) is 1. The molecule has 2 fully saturated rings. The van der Waals surface area contributed by atoms with Crippen molar-refractivity contribution in [3.63, 3.8) is 0 Å². The smallest absolute Gasteiger partial charge is 0.241 e. The zero-order chi connectivity index (χ0) is 19.7. The van der Waals surface area contributed by atoms with Crippen molar-refractivity contribution >= 4 is 35.1 Å². The highest BCUT2D eigenvalue weighted by Gasteiger charge is 2.45. The summed E-state index contributed by atoms with van der Waals surface area (Å²) < 4.78 is 0. The number of carbonyl (C=O) groups excluding carboxylic acids is 3. The summed E-state index contributed by atoms with van der Waals surface area (Å²) in [6, 6.07) is 7.44. The largest absolute Gasteiger partial charge is 0.332 e. The molecule has 6 heteroatoms. The molecule has 1 aromatic rings. The molecule has 0 bridgehead atoms. The van der Waals surface area contributed by atoms with E-state index in [4.69, 9.17) is 12.2 Å². The van der Waals surface area contributed by atoms with Crippen LogP contribution in [0.3, 0.4) is 0 Å². The SMILES string of the molecule is O=C[C@@H]1CCCN1C(=O)[C@H]1NCC(=S)C1C(=O)C[C@H]1CCc2ccccc2C1. The maximum Gasteiger partial charge on any atom is 0.241 e. The lowest BCUT2D eigenvalue weighted by atomic mass is 9.79. The van der Waals surface area contributed by atoms with Crippen LogP contribution in [0, 0.1) is 11.8 Å². The molecule has 0 saturated carbocycles. The maximum atomic E-state index is 13.1. The third-order valence-corrected chi connectivity index (χ3v) is 6.87. The molecule has 0 spiro atoms. The third kappa shape index (κ3) is 3.67. The Balaban J connectivity index is 1.44. The Morgan fingerprint density at radius 2 is 2.00 bits per heavy atom. The van der Waals surface area contributed by atoms with E-state index in [1.165, 1.54) is 11.1 Å². The van der Waals surface area contributed by atoms with Crippen molar-refractivity contribution < 1.29 is 14.4 Å². The third-order valence-electron chi connectivity index (χ3n) is 6.47. The van der Waals surface area contributed by atoms with Gasteiger partial charge in [-0.05, 0) is 49.1 Å². The first-order valence-corrected chi connectivity index (χ1v) is 10.6. The molecule has 1 unspecified atom stereocenters. The average molecular weight is 399 g/mol. The van der Waals surface area contributed by atoms with E-state index in [-0.39, 0.29) is 17.7 Å². The normalized spacial score (nSPS) is 29.6. The first kappa shape index (κ1) is 19.4. The number of fused-ring (bicyclic) bond motifs is 1. The molecule has 1 N–H and O–H groups in total. The molecule has 5 nitrogen and oxygen atoms in total. The van der Waals surface area contributed by atoms with Gasteiger partial charge in [0.25, 0.3) is 0 Å². The summed E-state index contributed by atoms with van der Waals surface area (Å²) in [5.41, 5.74) is 2.71.